The smallest absolute Gasteiger partial charge is 0.407 e. The fourth-order valence-corrected chi connectivity index (χ4v) is 5.30. The highest BCUT2D eigenvalue weighted by atomic mass is 16.5. The molecular weight excluding hydrogens is 654 g/mol. The summed E-state index contributed by atoms with van der Waals surface area (Å²) >= 11 is 0. The third-order valence-electron chi connectivity index (χ3n) is 8.11. The van der Waals surface area contributed by atoms with E-state index in [1.807, 2.05) is 72.8 Å². The van der Waals surface area contributed by atoms with Crippen molar-refractivity contribution < 1.29 is 33.8 Å². The van der Waals surface area contributed by atoms with Gasteiger partial charge in [0.25, 0.3) is 5.91 Å². The van der Waals surface area contributed by atoms with Crippen LogP contribution < -0.4 is 26.7 Å². The van der Waals surface area contributed by atoms with Gasteiger partial charge in [0.1, 0.15) is 12.1 Å². The van der Waals surface area contributed by atoms with E-state index >= 15 is 0 Å². The lowest BCUT2D eigenvalue weighted by molar-refractivity contribution is -0.130. The summed E-state index contributed by atoms with van der Waals surface area (Å²) in [5.74, 6) is -1.03. The number of pyridine rings is 1. The predicted molar refractivity (Wildman–Crippen MR) is 193 cm³/mol. The molecule has 14 nitrogen and oxygen atoms in total. The van der Waals surface area contributed by atoms with E-state index < -0.39 is 53.6 Å². The van der Waals surface area contributed by atoms with E-state index in [1.165, 1.54) is 14.2 Å². The van der Waals surface area contributed by atoms with Crippen molar-refractivity contribution in [2.24, 2.45) is 5.41 Å². The zero-order chi connectivity index (χ0) is 37.4. The quantitative estimate of drug-likeness (QED) is 0.114. The Bertz CT molecular complexity index is 1540. The Balaban J connectivity index is 1.93. The van der Waals surface area contributed by atoms with Crippen LogP contribution in [0.3, 0.4) is 0 Å². The summed E-state index contributed by atoms with van der Waals surface area (Å²) in [6.45, 7) is 5.90. The Morgan fingerprint density at radius 2 is 1.47 bits per heavy atom. The highest BCUT2D eigenvalue weighted by Crippen LogP contribution is 2.21. The average molecular weight is 706 g/mol. The van der Waals surface area contributed by atoms with Crippen molar-refractivity contribution in [2.45, 2.75) is 64.4 Å². The molecule has 14 heteroatoms. The Hall–Kier alpha value is -5.05. The van der Waals surface area contributed by atoms with Gasteiger partial charge in [0.2, 0.25) is 5.91 Å². The number of hydrogen-bond acceptors (Lipinski definition) is 10. The highest BCUT2D eigenvalue weighted by molar-refractivity contribution is 5.87. The molecule has 0 spiro atoms. The molecule has 4 atom stereocenters. The van der Waals surface area contributed by atoms with Gasteiger partial charge in [-0.15, -0.1) is 0 Å². The highest BCUT2D eigenvalue weighted by Gasteiger charge is 2.36. The number of carbonyl (C=O) groups excluding carboxylic acids is 4. The maximum atomic E-state index is 13.7. The number of aliphatic hydroxyl groups is 1. The van der Waals surface area contributed by atoms with Gasteiger partial charge in [-0.05, 0) is 55.1 Å². The van der Waals surface area contributed by atoms with E-state index in [4.69, 9.17) is 9.47 Å². The minimum Gasteiger partial charge on any atom is -0.453 e. The molecule has 0 aliphatic heterocycles. The van der Waals surface area contributed by atoms with Crippen molar-refractivity contribution in [1.29, 1.82) is 0 Å². The molecule has 0 bridgehead atoms. The fourth-order valence-electron chi connectivity index (χ4n) is 5.30. The maximum absolute atomic E-state index is 13.7. The molecule has 1 aromatic heterocycles. The van der Waals surface area contributed by atoms with Crippen LogP contribution >= 0.6 is 0 Å². The molecule has 1 heterocycles. The first-order chi connectivity index (χ1) is 24.3. The molecular formula is C37H51N7O7. The second-order valence-electron chi connectivity index (χ2n) is 13.2. The van der Waals surface area contributed by atoms with Gasteiger partial charge >= 0.3 is 12.2 Å². The number of methoxy groups -OCH3 is 2. The topological polar surface area (TPSA) is 183 Å². The predicted octanol–water partition coefficient (Wildman–Crippen LogP) is 2.78. The van der Waals surface area contributed by atoms with Gasteiger partial charge in [0.05, 0.1) is 32.1 Å². The Morgan fingerprint density at radius 3 is 2.06 bits per heavy atom. The number of ether oxygens (including phenoxy) is 2. The monoisotopic (exact) mass is 705 g/mol. The molecule has 0 aliphatic carbocycles. The van der Waals surface area contributed by atoms with Gasteiger partial charge in [0, 0.05) is 24.8 Å². The van der Waals surface area contributed by atoms with Crippen LogP contribution in [0.15, 0.2) is 79.0 Å². The summed E-state index contributed by atoms with van der Waals surface area (Å²) in [5.41, 5.74) is 5.55. The second-order valence-corrected chi connectivity index (χ2v) is 13.2. The van der Waals surface area contributed by atoms with Crippen LogP contribution in [0.5, 0.6) is 0 Å². The molecule has 276 valence electrons. The Morgan fingerprint density at radius 1 is 0.824 bits per heavy atom. The van der Waals surface area contributed by atoms with Crippen LogP contribution in [0.2, 0.25) is 0 Å². The SMILES string of the molecule is CNCC[C@H](NC(=O)OC)C(=O)NN(Cc1ccc(-c2ccccn2)cc1)C[C@H](O)C(Cc1ccccc1)NC(=O)[C@@H](NC(=O)OC)C(C)(C)C. The summed E-state index contributed by atoms with van der Waals surface area (Å²) in [6, 6.07) is 19.9. The van der Waals surface area contributed by atoms with E-state index in [-0.39, 0.29) is 25.9 Å². The molecule has 0 saturated carbocycles. The first-order valence-electron chi connectivity index (χ1n) is 16.8. The number of nitrogens with one attached hydrogen (secondary N) is 5. The number of aliphatic hydroxyl groups excluding tert-OH is 1. The molecule has 0 fully saturated rings. The normalized spacial score (nSPS) is 13.6. The van der Waals surface area contributed by atoms with Gasteiger partial charge in [0.15, 0.2) is 0 Å². The first-order valence-corrected chi connectivity index (χ1v) is 16.8. The molecule has 6 N–H and O–H groups in total. The number of benzene rings is 2. The van der Waals surface area contributed by atoms with Crippen LogP contribution in [-0.4, -0.2) is 97.7 Å². The van der Waals surface area contributed by atoms with Gasteiger partial charge in [-0.25, -0.2) is 14.6 Å². The van der Waals surface area contributed by atoms with Gasteiger partial charge in [-0.3, -0.25) is 20.0 Å². The van der Waals surface area contributed by atoms with Gasteiger partial charge in [-0.1, -0.05) is 81.4 Å². The molecule has 1 unspecified atom stereocenters. The number of amides is 4. The molecule has 3 aromatic rings. The number of rotatable bonds is 17. The molecule has 0 aliphatic rings. The third-order valence-corrected chi connectivity index (χ3v) is 8.11. The zero-order valence-corrected chi connectivity index (χ0v) is 30.1. The van der Waals surface area contributed by atoms with Crippen molar-refractivity contribution in [3.05, 3.63) is 90.1 Å². The summed E-state index contributed by atoms with van der Waals surface area (Å²) in [7, 11) is 4.16. The number of hydrogen-bond donors (Lipinski definition) is 6. The van der Waals surface area contributed by atoms with E-state index in [0.29, 0.717) is 6.54 Å². The maximum Gasteiger partial charge on any atom is 0.407 e. The molecule has 4 amide bonds. The van der Waals surface area contributed by atoms with Crippen LogP contribution in [-0.2, 0) is 32.0 Å². The van der Waals surface area contributed by atoms with E-state index in [2.05, 4.69) is 31.7 Å². The molecule has 2 aromatic carbocycles. The van der Waals surface area contributed by atoms with Crippen molar-refractivity contribution in [3.8, 4) is 11.3 Å². The molecule has 51 heavy (non-hydrogen) atoms. The standard InChI is InChI=1S/C37H51N7O7/c1-37(2,3)32(42-36(49)51-6)34(47)40-30(22-25-12-8-7-9-13-25)31(45)24-44(43-33(46)29(19-21-38-4)41-35(48)50-5)23-26-15-17-27(18-16-26)28-14-10-11-20-39-28/h7-18,20,29-32,38,45H,19,21-24H2,1-6H3,(H,40,47)(H,41,48)(H,42,49)(H,43,46)/t29-,30?,31-,32+/m0/s1. The lowest BCUT2D eigenvalue weighted by Crippen LogP contribution is -2.60. The lowest BCUT2D eigenvalue weighted by Gasteiger charge is -2.34. The Labute approximate surface area is 299 Å². The first kappa shape index (κ1) is 40.4. The second kappa shape index (κ2) is 20.0. The largest absolute Gasteiger partial charge is 0.453 e. The van der Waals surface area contributed by atoms with Gasteiger partial charge in [-0.2, -0.15) is 0 Å². The zero-order valence-electron chi connectivity index (χ0n) is 30.1. The van der Waals surface area contributed by atoms with Crippen LogP contribution in [0, 0.1) is 5.41 Å². The van der Waals surface area contributed by atoms with E-state index in [9.17, 15) is 24.3 Å². The average Bonchev–Trinajstić information content (AvgIpc) is 3.12. The number of carbonyl (C=O) groups is 4. The van der Waals surface area contributed by atoms with Crippen molar-refractivity contribution in [2.75, 3.05) is 34.4 Å². The van der Waals surface area contributed by atoms with Crippen LogP contribution in [0.1, 0.15) is 38.3 Å². The fraction of sp³-hybridized carbons (Fsp3) is 0.432. The molecule has 0 saturated heterocycles. The number of nitrogens with zero attached hydrogens (tertiary/aromatic N) is 2. The van der Waals surface area contributed by atoms with E-state index in [1.54, 1.807) is 39.0 Å². The molecule has 0 radical (unpaired) electrons. The summed E-state index contributed by atoms with van der Waals surface area (Å²) in [6.07, 6.45) is -0.512. The van der Waals surface area contributed by atoms with E-state index in [0.717, 1.165) is 22.4 Å². The summed E-state index contributed by atoms with van der Waals surface area (Å²) < 4.78 is 9.50. The van der Waals surface area contributed by atoms with Crippen molar-refractivity contribution in [1.82, 2.24) is 36.7 Å². The minimum absolute atomic E-state index is 0.118. The molecule has 3 rings (SSSR count). The minimum atomic E-state index is -1.22. The number of alkyl carbamates (subject to hydrolysis) is 2. The van der Waals surface area contributed by atoms with Crippen LogP contribution in [0.4, 0.5) is 9.59 Å². The number of aromatic nitrogens is 1. The van der Waals surface area contributed by atoms with Crippen molar-refractivity contribution in [3.63, 3.8) is 0 Å². The lowest BCUT2D eigenvalue weighted by atomic mass is 9.85. The summed E-state index contributed by atoms with van der Waals surface area (Å²) in [5, 5.41) is 24.5. The summed E-state index contributed by atoms with van der Waals surface area (Å²) in [4.78, 5) is 56.0. The Kier molecular flexibility index (Phi) is 15.8. The third kappa shape index (κ3) is 13.3. The van der Waals surface area contributed by atoms with Crippen molar-refractivity contribution >= 4 is 24.0 Å². The van der Waals surface area contributed by atoms with Crippen LogP contribution in [0.25, 0.3) is 11.3 Å². The van der Waals surface area contributed by atoms with Gasteiger partial charge < -0.3 is 35.8 Å². The number of hydrazine groups is 1.